The standard InChI is InChI=1S/C26H21N3O2/c1-30-22-11-10-17(13-18(22)12-16-6-3-2-4-7-16)24-19(14-27)26(28)31-23-9-5-8-21-25(23)20(24)15-29-21/h2-11,13,15,24,29H,12,28H2,1H3. The molecule has 4 aromatic rings. The van der Waals surface area contributed by atoms with E-state index in [0.717, 1.165) is 39.8 Å². The highest BCUT2D eigenvalue weighted by molar-refractivity contribution is 5.91. The van der Waals surface area contributed by atoms with Gasteiger partial charge in [-0.1, -0.05) is 48.5 Å². The summed E-state index contributed by atoms with van der Waals surface area (Å²) in [5.74, 6) is 1.26. The van der Waals surface area contributed by atoms with Gasteiger partial charge >= 0.3 is 0 Å². The number of hydrogen-bond acceptors (Lipinski definition) is 4. The molecular weight excluding hydrogens is 386 g/mol. The number of nitrogens with two attached hydrogens (primary N) is 1. The zero-order valence-corrected chi connectivity index (χ0v) is 17.1. The van der Waals surface area contributed by atoms with Crippen molar-refractivity contribution in [3.8, 4) is 17.6 Å². The fourth-order valence-electron chi connectivity index (χ4n) is 4.36. The molecule has 0 saturated carbocycles. The number of hydrogen-bond donors (Lipinski definition) is 2. The molecule has 0 aliphatic carbocycles. The van der Waals surface area contributed by atoms with E-state index in [1.54, 1.807) is 7.11 Å². The van der Waals surface area contributed by atoms with Crippen LogP contribution in [0.25, 0.3) is 10.9 Å². The molecular formula is C26H21N3O2. The minimum atomic E-state index is -0.345. The Hall–Kier alpha value is -4.17. The molecule has 0 spiro atoms. The summed E-state index contributed by atoms with van der Waals surface area (Å²) in [5.41, 5.74) is 11.8. The Labute approximate surface area is 180 Å². The molecule has 2 heterocycles. The normalized spacial score (nSPS) is 15.3. The van der Waals surface area contributed by atoms with Crippen LogP contribution in [0.15, 0.2) is 84.4 Å². The van der Waals surface area contributed by atoms with Gasteiger partial charge in [0.2, 0.25) is 5.88 Å². The molecule has 5 rings (SSSR count). The van der Waals surface area contributed by atoms with Gasteiger partial charge in [0.25, 0.3) is 0 Å². The lowest BCUT2D eigenvalue weighted by atomic mass is 9.84. The van der Waals surface area contributed by atoms with Crippen LogP contribution in [-0.4, -0.2) is 12.1 Å². The van der Waals surface area contributed by atoms with Crippen LogP contribution in [-0.2, 0) is 6.42 Å². The average Bonchev–Trinajstić information content (AvgIpc) is 3.17. The number of nitrogens with zero attached hydrogens (tertiary/aromatic N) is 1. The van der Waals surface area contributed by atoms with E-state index >= 15 is 0 Å². The van der Waals surface area contributed by atoms with Crippen molar-refractivity contribution in [2.24, 2.45) is 5.73 Å². The van der Waals surface area contributed by atoms with E-state index in [2.05, 4.69) is 29.3 Å². The van der Waals surface area contributed by atoms with Gasteiger partial charge in [0.1, 0.15) is 23.1 Å². The Kier molecular flexibility index (Phi) is 4.61. The van der Waals surface area contributed by atoms with Gasteiger partial charge in [0.05, 0.1) is 13.0 Å². The van der Waals surface area contributed by atoms with Gasteiger partial charge in [-0.05, 0) is 40.5 Å². The van der Waals surface area contributed by atoms with E-state index in [1.807, 2.05) is 54.7 Å². The summed E-state index contributed by atoms with van der Waals surface area (Å²) in [5, 5.41) is 10.9. The number of nitrogens with one attached hydrogen (secondary N) is 1. The number of methoxy groups -OCH3 is 1. The molecule has 1 aliphatic rings. The smallest absolute Gasteiger partial charge is 0.205 e. The first-order valence-corrected chi connectivity index (χ1v) is 10.1. The predicted molar refractivity (Wildman–Crippen MR) is 120 cm³/mol. The van der Waals surface area contributed by atoms with E-state index in [0.29, 0.717) is 11.3 Å². The van der Waals surface area contributed by atoms with Crippen molar-refractivity contribution in [2.45, 2.75) is 12.3 Å². The lowest BCUT2D eigenvalue weighted by molar-refractivity contribution is 0.410. The fraction of sp³-hybridized carbons (Fsp3) is 0.115. The molecule has 1 atom stereocenters. The Bertz CT molecular complexity index is 1350. The third-order valence-corrected chi connectivity index (χ3v) is 5.78. The molecule has 3 N–H and O–H groups in total. The van der Waals surface area contributed by atoms with Crippen LogP contribution in [0.5, 0.6) is 11.5 Å². The summed E-state index contributed by atoms with van der Waals surface area (Å²) >= 11 is 0. The Balaban J connectivity index is 1.69. The number of rotatable bonds is 4. The minimum Gasteiger partial charge on any atom is -0.496 e. The number of benzene rings is 3. The molecule has 152 valence electrons. The largest absolute Gasteiger partial charge is 0.496 e. The quantitative estimate of drug-likeness (QED) is 0.499. The van der Waals surface area contributed by atoms with Crippen molar-refractivity contribution < 1.29 is 9.47 Å². The summed E-state index contributed by atoms with van der Waals surface area (Å²) in [6.07, 6.45) is 2.67. The number of ether oxygens (including phenoxy) is 2. The van der Waals surface area contributed by atoms with Crippen molar-refractivity contribution in [2.75, 3.05) is 7.11 Å². The molecule has 3 aromatic carbocycles. The average molecular weight is 407 g/mol. The first-order chi connectivity index (χ1) is 15.2. The number of allylic oxidation sites excluding steroid dienone is 1. The van der Waals surface area contributed by atoms with Crippen molar-refractivity contribution in [1.82, 2.24) is 4.98 Å². The highest BCUT2D eigenvalue weighted by Gasteiger charge is 2.30. The Morgan fingerprint density at radius 2 is 1.94 bits per heavy atom. The van der Waals surface area contributed by atoms with Crippen LogP contribution >= 0.6 is 0 Å². The summed E-state index contributed by atoms with van der Waals surface area (Å²) in [6.45, 7) is 0. The molecule has 0 radical (unpaired) electrons. The van der Waals surface area contributed by atoms with E-state index in [9.17, 15) is 5.26 Å². The van der Waals surface area contributed by atoms with E-state index in [-0.39, 0.29) is 11.8 Å². The van der Waals surface area contributed by atoms with Gasteiger partial charge < -0.3 is 20.2 Å². The maximum atomic E-state index is 9.99. The number of aromatic nitrogens is 1. The molecule has 0 saturated heterocycles. The van der Waals surface area contributed by atoms with Gasteiger partial charge in [-0.15, -0.1) is 0 Å². The third kappa shape index (κ3) is 3.19. The summed E-state index contributed by atoms with van der Waals surface area (Å²) in [6, 6.07) is 24.4. The topological polar surface area (TPSA) is 84.1 Å². The second-order valence-electron chi connectivity index (χ2n) is 7.58. The maximum absolute atomic E-state index is 9.99. The Morgan fingerprint density at radius 1 is 1.10 bits per heavy atom. The zero-order valence-electron chi connectivity index (χ0n) is 17.1. The van der Waals surface area contributed by atoms with Crippen molar-refractivity contribution in [1.29, 1.82) is 5.26 Å². The van der Waals surface area contributed by atoms with Crippen LogP contribution in [0.4, 0.5) is 0 Å². The second-order valence-corrected chi connectivity index (χ2v) is 7.58. The molecule has 1 aromatic heterocycles. The van der Waals surface area contributed by atoms with Gasteiger partial charge in [-0.3, -0.25) is 0 Å². The second kappa shape index (κ2) is 7.58. The predicted octanol–water partition coefficient (Wildman–Crippen LogP) is 4.99. The Morgan fingerprint density at radius 3 is 2.71 bits per heavy atom. The van der Waals surface area contributed by atoms with E-state index < -0.39 is 0 Å². The third-order valence-electron chi connectivity index (χ3n) is 5.78. The van der Waals surface area contributed by atoms with Crippen LogP contribution < -0.4 is 15.2 Å². The highest BCUT2D eigenvalue weighted by Crippen LogP contribution is 2.44. The van der Waals surface area contributed by atoms with Crippen LogP contribution in [0.1, 0.15) is 28.2 Å². The lowest BCUT2D eigenvalue weighted by Crippen LogP contribution is -2.13. The molecule has 0 bridgehead atoms. The van der Waals surface area contributed by atoms with Crippen molar-refractivity contribution in [3.05, 3.63) is 107 Å². The molecule has 5 nitrogen and oxygen atoms in total. The first-order valence-electron chi connectivity index (χ1n) is 10.1. The summed E-state index contributed by atoms with van der Waals surface area (Å²) in [4.78, 5) is 3.31. The minimum absolute atomic E-state index is 0.136. The summed E-state index contributed by atoms with van der Waals surface area (Å²) in [7, 11) is 1.67. The van der Waals surface area contributed by atoms with Gasteiger partial charge in [0, 0.05) is 23.5 Å². The monoisotopic (exact) mass is 407 g/mol. The van der Waals surface area contributed by atoms with Gasteiger partial charge in [-0.25, -0.2) is 0 Å². The van der Waals surface area contributed by atoms with Gasteiger partial charge in [0.15, 0.2) is 0 Å². The fourth-order valence-corrected chi connectivity index (χ4v) is 4.36. The first kappa shape index (κ1) is 18.8. The molecule has 0 fully saturated rings. The van der Waals surface area contributed by atoms with Gasteiger partial charge in [-0.2, -0.15) is 5.26 Å². The zero-order chi connectivity index (χ0) is 21.4. The van der Waals surface area contributed by atoms with Crippen LogP contribution in [0.3, 0.4) is 0 Å². The SMILES string of the molecule is COc1ccc(C2C(C#N)=C(N)Oc3cccc4[nH]cc2c34)cc1Cc1ccccc1. The highest BCUT2D eigenvalue weighted by atomic mass is 16.5. The number of H-pyrrole nitrogens is 1. The molecule has 1 aliphatic heterocycles. The summed E-state index contributed by atoms with van der Waals surface area (Å²) < 4.78 is 11.5. The maximum Gasteiger partial charge on any atom is 0.205 e. The molecule has 1 unspecified atom stereocenters. The number of nitriles is 1. The molecule has 0 amide bonds. The van der Waals surface area contributed by atoms with E-state index in [4.69, 9.17) is 15.2 Å². The van der Waals surface area contributed by atoms with Crippen LogP contribution in [0.2, 0.25) is 0 Å². The number of aromatic amines is 1. The molecule has 5 heteroatoms. The van der Waals surface area contributed by atoms with Crippen LogP contribution in [0, 0.1) is 11.3 Å². The van der Waals surface area contributed by atoms with Crippen molar-refractivity contribution >= 4 is 10.9 Å². The van der Waals surface area contributed by atoms with Crippen molar-refractivity contribution in [3.63, 3.8) is 0 Å². The lowest BCUT2D eigenvalue weighted by Gasteiger charge is -2.18. The van der Waals surface area contributed by atoms with E-state index in [1.165, 1.54) is 5.56 Å². The molecule has 31 heavy (non-hydrogen) atoms.